The van der Waals surface area contributed by atoms with E-state index in [1.165, 1.54) is 0 Å². The Morgan fingerprint density at radius 2 is 2.33 bits per heavy atom. The maximum Gasteiger partial charge on any atom is 0.212 e. The Bertz CT molecular complexity index is 402. The Hall–Kier alpha value is -0.590. The first kappa shape index (κ1) is 12.5. The van der Waals surface area contributed by atoms with Gasteiger partial charge in [0.15, 0.2) is 0 Å². The summed E-state index contributed by atoms with van der Waals surface area (Å²) in [5, 5.41) is 4.13. The van der Waals surface area contributed by atoms with E-state index >= 15 is 0 Å². The molecule has 5 nitrogen and oxygen atoms in total. The molecule has 0 aromatic carbocycles. The maximum absolute atomic E-state index is 11.2. The summed E-state index contributed by atoms with van der Waals surface area (Å²) in [6, 6.07) is 1.86. The van der Waals surface area contributed by atoms with Gasteiger partial charge in [-0.25, -0.2) is 13.1 Å². The Labute approximate surface area is 94.5 Å². The quantitative estimate of drug-likeness (QED) is 0.731. The fraction of sp³-hybridized carbons (Fsp3) is 0.625. The van der Waals surface area contributed by atoms with E-state index in [2.05, 4.69) is 9.82 Å². The Balaban J connectivity index is 2.33. The summed E-state index contributed by atoms with van der Waals surface area (Å²) in [5.74, 6) is 0.0652. The van der Waals surface area contributed by atoms with Gasteiger partial charge in [-0.05, 0) is 6.07 Å². The smallest absolute Gasteiger partial charge is 0.212 e. The molecule has 15 heavy (non-hydrogen) atoms. The third kappa shape index (κ3) is 4.63. The summed E-state index contributed by atoms with van der Waals surface area (Å²) < 4.78 is 26.5. The molecule has 0 aliphatic heterocycles. The van der Waals surface area contributed by atoms with Crippen LogP contribution in [0.1, 0.15) is 5.69 Å². The van der Waals surface area contributed by atoms with Crippen molar-refractivity contribution in [3.05, 3.63) is 18.0 Å². The molecule has 1 aromatic rings. The molecule has 1 heterocycles. The molecule has 0 atom stereocenters. The number of alkyl halides is 1. The highest BCUT2D eigenvalue weighted by Gasteiger charge is 2.08. The standard InChI is InChI=1S/C8H14ClN3O2S/c1-12-6-3-8(11-12)2-5-10-15(13,14)7-4-9/h3,6,10H,2,4-5,7H2,1H3. The minimum Gasteiger partial charge on any atom is -0.276 e. The first-order chi connectivity index (χ1) is 7.03. The molecular weight excluding hydrogens is 238 g/mol. The number of aromatic nitrogens is 2. The van der Waals surface area contributed by atoms with Crippen LogP contribution in [0.3, 0.4) is 0 Å². The molecule has 0 fully saturated rings. The van der Waals surface area contributed by atoms with E-state index in [0.29, 0.717) is 13.0 Å². The van der Waals surface area contributed by atoms with E-state index in [-0.39, 0.29) is 11.6 Å². The van der Waals surface area contributed by atoms with E-state index in [1.54, 1.807) is 4.68 Å². The van der Waals surface area contributed by atoms with Gasteiger partial charge in [-0.15, -0.1) is 11.6 Å². The van der Waals surface area contributed by atoms with E-state index in [0.717, 1.165) is 5.69 Å². The SMILES string of the molecule is Cn1ccc(CCNS(=O)(=O)CCCl)n1. The molecule has 1 aromatic heterocycles. The first-order valence-electron chi connectivity index (χ1n) is 4.55. The number of sulfonamides is 1. The number of nitrogens with zero attached hydrogens (tertiary/aromatic N) is 2. The van der Waals surface area contributed by atoms with Gasteiger partial charge >= 0.3 is 0 Å². The zero-order valence-electron chi connectivity index (χ0n) is 8.48. The lowest BCUT2D eigenvalue weighted by Gasteiger charge is -2.03. The van der Waals surface area contributed by atoms with Crippen molar-refractivity contribution in [1.82, 2.24) is 14.5 Å². The lowest BCUT2D eigenvalue weighted by Crippen LogP contribution is -2.29. The van der Waals surface area contributed by atoms with Crippen molar-refractivity contribution < 1.29 is 8.42 Å². The number of halogens is 1. The maximum atomic E-state index is 11.2. The largest absolute Gasteiger partial charge is 0.276 e. The number of rotatable bonds is 6. The predicted octanol–water partition coefficient (Wildman–Crippen LogP) is 0.121. The third-order valence-corrected chi connectivity index (χ3v) is 3.62. The lowest BCUT2D eigenvalue weighted by atomic mass is 10.3. The van der Waals surface area contributed by atoms with Gasteiger partial charge in [0.2, 0.25) is 10.0 Å². The van der Waals surface area contributed by atoms with Crippen LogP contribution in [0.15, 0.2) is 12.3 Å². The zero-order chi connectivity index (χ0) is 11.3. The van der Waals surface area contributed by atoms with Gasteiger partial charge in [0.25, 0.3) is 0 Å². The van der Waals surface area contributed by atoms with Gasteiger partial charge in [-0.1, -0.05) is 0 Å². The Kier molecular flexibility index (Phi) is 4.56. The minimum atomic E-state index is -3.21. The molecule has 0 bridgehead atoms. The molecular formula is C8H14ClN3O2S. The van der Waals surface area contributed by atoms with Crippen molar-refractivity contribution in [2.45, 2.75) is 6.42 Å². The highest BCUT2D eigenvalue weighted by molar-refractivity contribution is 7.89. The number of hydrogen-bond acceptors (Lipinski definition) is 3. The van der Waals surface area contributed by atoms with Crippen LogP contribution in [0.5, 0.6) is 0 Å². The molecule has 1 rings (SSSR count). The van der Waals surface area contributed by atoms with E-state index in [9.17, 15) is 8.42 Å². The second kappa shape index (κ2) is 5.48. The van der Waals surface area contributed by atoms with Crippen molar-refractivity contribution in [2.75, 3.05) is 18.2 Å². The third-order valence-electron chi connectivity index (χ3n) is 1.82. The first-order valence-corrected chi connectivity index (χ1v) is 6.74. The Morgan fingerprint density at radius 3 is 2.87 bits per heavy atom. The second-order valence-electron chi connectivity index (χ2n) is 3.13. The molecule has 1 N–H and O–H groups in total. The van der Waals surface area contributed by atoms with Gasteiger partial charge in [0.1, 0.15) is 0 Å². The topological polar surface area (TPSA) is 64.0 Å². The van der Waals surface area contributed by atoms with Gasteiger partial charge in [-0.3, -0.25) is 4.68 Å². The monoisotopic (exact) mass is 251 g/mol. The summed E-state index contributed by atoms with van der Waals surface area (Å²) in [7, 11) is -1.39. The van der Waals surface area contributed by atoms with Gasteiger partial charge in [0.05, 0.1) is 11.4 Å². The number of nitrogens with one attached hydrogen (secondary N) is 1. The summed E-state index contributed by atoms with van der Waals surface area (Å²) in [5.41, 5.74) is 0.867. The molecule has 0 spiro atoms. The van der Waals surface area contributed by atoms with Crippen molar-refractivity contribution >= 4 is 21.6 Å². The van der Waals surface area contributed by atoms with Gasteiger partial charge in [0, 0.05) is 32.1 Å². The average molecular weight is 252 g/mol. The molecule has 0 aliphatic carbocycles. The van der Waals surface area contributed by atoms with Crippen LogP contribution in [0.2, 0.25) is 0 Å². The van der Waals surface area contributed by atoms with Crippen LogP contribution < -0.4 is 4.72 Å². The van der Waals surface area contributed by atoms with Crippen LogP contribution in [0.25, 0.3) is 0 Å². The van der Waals surface area contributed by atoms with E-state index < -0.39 is 10.0 Å². The molecule has 0 unspecified atom stereocenters. The summed E-state index contributed by atoms with van der Waals surface area (Å²) in [6.45, 7) is 0.357. The molecule has 0 saturated carbocycles. The van der Waals surface area contributed by atoms with Crippen LogP contribution in [0, 0.1) is 0 Å². The van der Waals surface area contributed by atoms with Crippen LogP contribution in [-0.4, -0.2) is 36.4 Å². The van der Waals surface area contributed by atoms with Crippen LogP contribution in [-0.2, 0) is 23.5 Å². The summed E-state index contributed by atoms with van der Waals surface area (Å²) >= 11 is 5.35. The summed E-state index contributed by atoms with van der Waals surface area (Å²) in [6.07, 6.45) is 2.41. The van der Waals surface area contributed by atoms with Crippen LogP contribution in [0.4, 0.5) is 0 Å². The van der Waals surface area contributed by atoms with E-state index in [1.807, 2.05) is 19.3 Å². The van der Waals surface area contributed by atoms with Crippen LogP contribution >= 0.6 is 11.6 Å². The Morgan fingerprint density at radius 1 is 1.60 bits per heavy atom. The number of hydrogen-bond donors (Lipinski definition) is 1. The van der Waals surface area contributed by atoms with Gasteiger partial charge < -0.3 is 0 Å². The van der Waals surface area contributed by atoms with Crippen molar-refractivity contribution in [2.24, 2.45) is 7.05 Å². The highest BCUT2D eigenvalue weighted by Crippen LogP contribution is 1.95. The minimum absolute atomic E-state index is 0.0449. The molecule has 0 aliphatic rings. The number of aryl methyl sites for hydroxylation is 1. The fourth-order valence-corrected chi connectivity index (χ4v) is 2.47. The van der Waals surface area contributed by atoms with Crippen molar-refractivity contribution in [3.8, 4) is 0 Å². The lowest BCUT2D eigenvalue weighted by molar-refractivity contribution is 0.582. The molecule has 0 radical (unpaired) electrons. The predicted molar refractivity (Wildman–Crippen MR) is 59.4 cm³/mol. The second-order valence-corrected chi connectivity index (χ2v) is 5.44. The van der Waals surface area contributed by atoms with E-state index in [4.69, 9.17) is 11.6 Å². The van der Waals surface area contributed by atoms with Crippen molar-refractivity contribution in [3.63, 3.8) is 0 Å². The average Bonchev–Trinajstić information content (AvgIpc) is 2.51. The summed E-state index contributed by atoms with van der Waals surface area (Å²) in [4.78, 5) is 0. The zero-order valence-corrected chi connectivity index (χ0v) is 10.1. The highest BCUT2D eigenvalue weighted by atomic mass is 35.5. The normalized spacial score (nSPS) is 11.9. The van der Waals surface area contributed by atoms with Crippen molar-refractivity contribution in [1.29, 1.82) is 0 Å². The van der Waals surface area contributed by atoms with Gasteiger partial charge in [-0.2, -0.15) is 5.10 Å². The molecule has 7 heteroatoms. The molecule has 86 valence electrons. The molecule has 0 saturated heterocycles. The molecule has 0 amide bonds. The fourth-order valence-electron chi connectivity index (χ4n) is 1.10.